The van der Waals surface area contributed by atoms with Crippen molar-refractivity contribution in [2.75, 3.05) is 38.2 Å². The van der Waals surface area contributed by atoms with E-state index in [-0.39, 0.29) is 0 Å². The number of likely N-dealkylation sites (N-methyl/N-ethyl adjacent to an activating group) is 1. The van der Waals surface area contributed by atoms with Gasteiger partial charge in [-0.15, -0.1) is 0 Å². The Bertz CT molecular complexity index is 174. The Labute approximate surface area is 112 Å². The average molecular weight is 258 g/mol. The first-order valence-electron chi connectivity index (χ1n) is 7.31. The first-order chi connectivity index (χ1) is 8.36. The molecule has 1 heterocycles. The maximum Gasteiger partial charge on any atom is 0.0195 e. The van der Waals surface area contributed by atoms with Gasteiger partial charge in [-0.2, -0.15) is 11.8 Å². The molecule has 0 saturated carbocycles. The Kier molecular flexibility index (Phi) is 9.21. The Morgan fingerprint density at radius 3 is 2.82 bits per heavy atom. The van der Waals surface area contributed by atoms with Crippen LogP contribution < -0.4 is 5.32 Å². The van der Waals surface area contributed by atoms with Crippen LogP contribution in [0.1, 0.15) is 45.4 Å². The molecule has 0 bridgehead atoms. The van der Waals surface area contributed by atoms with Crippen LogP contribution in [0.5, 0.6) is 0 Å². The highest BCUT2D eigenvalue weighted by atomic mass is 32.2. The van der Waals surface area contributed by atoms with Gasteiger partial charge in [0.15, 0.2) is 0 Å². The zero-order chi connectivity index (χ0) is 12.3. The predicted octanol–water partition coefficient (Wildman–Crippen LogP) is 2.98. The summed E-state index contributed by atoms with van der Waals surface area (Å²) >= 11 is 1.97. The summed E-state index contributed by atoms with van der Waals surface area (Å²) in [5.74, 6) is 1.34. The molecule has 0 amide bonds. The van der Waals surface area contributed by atoms with Gasteiger partial charge in [0.25, 0.3) is 0 Å². The van der Waals surface area contributed by atoms with Crippen molar-refractivity contribution < 1.29 is 0 Å². The summed E-state index contributed by atoms with van der Waals surface area (Å²) in [5.41, 5.74) is 0. The topological polar surface area (TPSA) is 15.3 Å². The number of nitrogens with one attached hydrogen (secondary N) is 1. The molecular formula is C14H30N2S. The van der Waals surface area contributed by atoms with Crippen LogP contribution in [0.25, 0.3) is 0 Å². The lowest BCUT2D eigenvalue weighted by Gasteiger charge is -2.33. The molecule has 1 aliphatic rings. The minimum atomic E-state index is 0.755. The van der Waals surface area contributed by atoms with Crippen molar-refractivity contribution in [1.29, 1.82) is 0 Å². The van der Waals surface area contributed by atoms with Gasteiger partial charge in [-0.3, -0.25) is 0 Å². The fourth-order valence-electron chi connectivity index (χ4n) is 2.65. The van der Waals surface area contributed by atoms with Gasteiger partial charge in [0.2, 0.25) is 0 Å². The first kappa shape index (κ1) is 15.3. The molecule has 0 aromatic carbocycles. The summed E-state index contributed by atoms with van der Waals surface area (Å²) < 4.78 is 0. The number of rotatable bonds is 9. The van der Waals surface area contributed by atoms with Gasteiger partial charge in [-0.25, -0.2) is 0 Å². The molecule has 1 saturated heterocycles. The van der Waals surface area contributed by atoms with Crippen molar-refractivity contribution in [3.05, 3.63) is 0 Å². The van der Waals surface area contributed by atoms with Gasteiger partial charge in [0.05, 0.1) is 0 Å². The Balaban J connectivity index is 1.98. The van der Waals surface area contributed by atoms with Crippen molar-refractivity contribution in [2.45, 2.75) is 51.5 Å². The molecule has 0 radical (unpaired) electrons. The van der Waals surface area contributed by atoms with Crippen molar-refractivity contribution >= 4 is 11.8 Å². The maximum absolute atomic E-state index is 3.59. The molecule has 2 nitrogen and oxygen atoms in total. The number of hydrogen-bond acceptors (Lipinski definition) is 3. The lowest BCUT2D eigenvalue weighted by atomic mass is 10.1. The second-order valence-corrected chi connectivity index (χ2v) is 6.09. The van der Waals surface area contributed by atoms with E-state index < -0.39 is 0 Å². The van der Waals surface area contributed by atoms with Gasteiger partial charge < -0.3 is 10.2 Å². The molecule has 0 spiro atoms. The van der Waals surface area contributed by atoms with E-state index in [0.29, 0.717) is 0 Å². The van der Waals surface area contributed by atoms with Gasteiger partial charge in [-0.05, 0) is 57.3 Å². The number of nitrogens with zero attached hydrogens (tertiary/aromatic N) is 1. The highest BCUT2D eigenvalue weighted by Gasteiger charge is 2.17. The summed E-state index contributed by atoms with van der Waals surface area (Å²) in [6.45, 7) is 7.25. The third kappa shape index (κ3) is 7.32. The smallest absolute Gasteiger partial charge is 0.0195 e. The molecule has 1 atom stereocenters. The maximum atomic E-state index is 3.59. The third-order valence-corrected chi connectivity index (χ3v) is 4.27. The second-order valence-electron chi connectivity index (χ2n) is 5.10. The molecule has 102 valence electrons. The number of piperidine rings is 1. The van der Waals surface area contributed by atoms with Crippen LogP contribution in [-0.2, 0) is 0 Å². The molecule has 17 heavy (non-hydrogen) atoms. The third-order valence-electron chi connectivity index (χ3n) is 3.57. The van der Waals surface area contributed by atoms with E-state index in [4.69, 9.17) is 0 Å². The Hall–Kier alpha value is 0.270. The fraction of sp³-hybridized carbons (Fsp3) is 1.00. The standard InChI is InChI=1S/C14H30N2S/c1-3-15-14-9-8-11-16(13-14)10-6-4-5-7-12-17-2/h14-15H,3-13H2,1-2H3. The van der Waals surface area contributed by atoms with Crippen LogP contribution in [0.15, 0.2) is 0 Å². The van der Waals surface area contributed by atoms with E-state index in [1.54, 1.807) is 0 Å². The number of hydrogen-bond donors (Lipinski definition) is 1. The van der Waals surface area contributed by atoms with E-state index in [1.807, 2.05) is 11.8 Å². The van der Waals surface area contributed by atoms with Gasteiger partial charge in [0.1, 0.15) is 0 Å². The SMILES string of the molecule is CCNC1CCCN(CCCCCCSC)C1. The van der Waals surface area contributed by atoms with E-state index in [2.05, 4.69) is 23.4 Å². The quantitative estimate of drug-likeness (QED) is 0.640. The average Bonchev–Trinajstić information content (AvgIpc) is 2.35. The predicted molar refractivity (Wildman–Crippen MR) is 80.0 cm³/mol. The summed E-state index contributed by atoms with van der Waals surface area (Å²) in [7, 11) is 0. The number of likely N-dealkylation sites (tertiary alicyclic amines) is 1. The largest absolute Gasteiger partial charge is 0.313 e. The van der Waals surface area contributed by atoms with Crippen LogP contribution in [-0.4, -0.2) is 49.1 Å². The molecule has 1 N–H and O–H groups in total. The molecule has 1 fully saturated rings. The van der Waals surface area contributed by atoms with Gasteiger partial charge >= 0.3 is 0 Å². The minimum Gasteiger partial charge on any atom is -0.313 e. The van der Waals surface area contributed by atoms with Crippen LogP contribution in [0, 0.1) is 0 Å². The van der Waals surface area contributed by atoms with Gasteiger partial charge in [0, 0.05) is 12.6 Å². The van der Waals surface area contributed by atoms with Crippen LogP contribution in [0.2, 0.25) is 0 Å². The zero-order valence-corrected chi connectivity index (χ0v) is 12.5. The van der Waals surface area contributed by atoms with Crippen LogP contribution in [0.3, 0.4) is 0 Å². The molecule has 0 aromatic rings. The molecule has 3 heteroatoms. The normalized spacial score (nSPS) is 21.9. The monoisotopic (exact) mass is 258 g/mol. The summed E-state index contributed by atoms with van der Waals surface area (Å²) in [4.78, 5) is 2.66. The summed E-state index contributed by atoms with van der Waals surface area (Å²) in [5, 5.41) is 3.59. The molecule has 1 rings (SSSR count). The molecule has 0 aromatic heterocycles. The number of unbranched alkanes of at least 4 members (excludes halogenated alkanes) is 3. The first-order valence-corrected chi connectivity index (χ1v) is 8.71. The molecule has 1 unspecified atom stereocenters. The molecule has 1 aliphatic heterocycles. The fourth-order valence-corrected chi connectivity index (χ4v) is 3.14. The highest BCUT2D eigenvalue weighted by molar-refractivity contribution is 7.98. The van der Waals surface area contributed by atoms with Crippen molar-refractivity contribution in [1.82, 2.24) is 10.2 Å². The van der Waals surface area contributed by atoms with Gasteiger partial charge in [-0.1, -0.05) is 19.8 Å². The van der Waals surface area contributed by atoms with Crippen molar-refractivity contribution in [2.24, 2.45) is 0 Å². The highest BCUT2D eigenvalue weighted by Crippen LogP contribution is 2.12. The van der Waals surface area contributed by atoms with Crippen LogP contribution in [0.4, 0.5) is 0 Å². The van der Waals surface area contributed by atoms with Crippen LogP contribution >= 0.6 is 11.8 Å². The minimum absolute atomic E-state index is 0.755. The van der Waals surface area contributed by atoms with Crippen molar-refractivity contribution in [3.63, 3.8) is 0 Å². The Morgan fingerprint density at radius 1 is 1.24 bits per heavy atom. The van der Waals surface area contributed by atoms with E-state index >= 15 is 0 Å². The van der Waals surface area contributed by atoms with E-state index in [1.165, 1.54) is 63.9 Å². The molecular weight excluding hydrogens is 228 g/mol. The second kappa shape index (κ2) is 10.2. The lowest BCUT2D eigenvalue weighted by molar-refractivity contribution is 0.188. The lowest BCUT2D eigenvalue weighted by Crippen LogP contribution is -2.45. The van der Waals surface area contributed by atoms with E-state index in [9.17, 15) is 0 Å². The zero-order valence-electron chi connectivity index (χ0n) is 11.7. The van der Waals surface area contributed by atoms with E-state index in [0.717, 1.165) is 12.6 Å². The Morgan fingerprint density at radius 2 is 2.06 bits per heavy atom. The molecule has 0 aliphatic carbocycles. The summed E-state index contributed by atoms with van der Waals surface area (Å²) in [6.07, 6.45) is 10.6. The number of thioether (sulfide) groups is 1. The van der Waals surface area contributed by atoms with Crippen molar-refractivity contribution in [3.8, 4) is 0 Å². The summed E-state index contributed by atoms with van der Waals surface area (Å²) in [6, 6.07) is 0.755.